The second kappa shape index (κ2) is 6.41. The van der Waals surface area contributed by atoms with Gasteiger partial charge in [0.2, 0.25) is 10.0 Å². The third-order valence-electron chi connectivity index (χ3n) is 3.78. The van der Waals surface area contributed by atoms with E-state index in [1.165, 1.54) is 37.9 Å². The first kappa shape index (κ1) is 15.1. The zero-order valence-corrected chi connectivity index (χ0v) is 12.2. The van der Waals surface area contributed by atoms with Gasteiger partial charge in [0, 0.05) is 12.7 Å². The van der Waals surface area contributed by atoms with Gasteiger partial charge in [-0.2, -0.15) is 0 Å². The third kappa shape index (κ3) is 4.08. The average Bonchev–Trinajstić information content (AvgIpc) is 3.04. The number of primary sulfonamides is 1. The molecule has 0 radical (unpaired) electrons. The van der Waals surface area contributed by atoms with Crippen LogP contribution in [0.4, 0.5) is 0 Å². The summed E-state index contributed by atoms with van der Waals surface area (Å²) in [5.74, 6) is 0.512. The number of hydrogen-bond donors (Lipinski definition) is 3. The highest BCUT2D eigenvalue weighted by atomic mass is 32.2. The molecule has 1 fully saturated rings. The van der Waals surface area contributed by atoms with Crippen molar-refractivity contribution in [3.05, 3.63) is 18.0 Å². The van der Waals surface area contributed by atoms with Crippen LogP contribution in [0.25, 0.3) is 0 Å². The van der Waals surface area contributed by atoms with Gasteiger partial charge in [-0.1, -0.05) is 25.7 Å². The van der Waals surface area contributed by atoms with E-state index in [0.29, 0.717) is 6.54 Å². The van der Waals surface area contributed by atoms with Crippen molar-refractivity contribution >= 4 is 15.9 Å². The highest BCUT2D eigenvalue weighted by molar-refractivity contribution is 7.89. The predicted octanol–water partition coefficient (Wildman–Crippen LogP) is 1.36. The lowest BCUT2D eigenvalue weighted by Gasteiger charge is -2.08. The molecule has 0 atom stereocenters. The number of H-pyrrole nitrogens is 1. The standard InChI is InChI=1S/C13H21N3O3S/c14-20(18,19)11-8-12(16-9-11)13(17)15-7-3-6-10-4-1-2-5-10/h8-10,16H,1-7H2,(H,15,17)(H2,14,18,19). The number of aromatic nitrogens is 1. The molecule has 1 aromatic rings. The first-order valence-electron chi connectivity index (χ1n) is 6.96. The van der Waals surface area contributed by atoms with Gasteiger partial charge in [0.05, 0.1) is 4.90 Å². The fourth-order valence-corrected chi connectivity index (χ4v) is 3.16. The summed E-state index contributed by atoms with van der Waals surface area (Å²) in [7, 11) is -3.76. The summed E-state index contributed by atoms with van der Waals surface area (Å²) in [6, 6.07) is 1.25. The third-order valence-corrected chi connectivity index (χ3v) is 4.67. The number of carbonyl (C=O) groups is 1. The number of hydrogen-bond acceptors (Lipinski definition) is 3. The molecule has 1 aliphatic carbocycles. The van der Waals surface area contributed by atoms with Crippen molar-refractivity contribution in [3.8, 4) is 0 Å². The van der Waals surface area contributed by atoms with Gasteiger partial charge in [0.25, 0.3) is 5.91 Å². The fourth-order valence-electron chi connectivity index (χ4n) is 2.66. The second-order valence-corrected chi connectivity index (χ2v) is 6.90. The summed E-state index contributed by atoms with van der Waals surface area (Å²) in [6.07, 6.45) is 8.60. The monoisotopic (exact) mass is 299 g/mol. The summed E-state index contributed by atoms with van der Waals surface area (Å²) >= 11 is 0. The maximum Gasteiger partial charge on any atom is 0.267 e. The Labute approximate surface area is 119 Å². The molecular weight excluding hydrogens is 278 g/mol. The highest BCUT2D eigenvalue weighted by Gasteiger charge is 2.16. The summed E-state index contributed by atoms with van der Waals surface area (Å²) < 4.78 is 22.2. The Morgan fingerprint density at radius 2 is 2.10 bits per heavy atom. The van der Waals surface area contributed by atoms with Gasteiger partial charge in [-0.3, -0.25) is 4.79 Å². The van der Waals surface area contributed by atoms with E-state index in [0.717, 1.165) is 18.8 Å². The van der Waals surface area contributed by atoms with E-state index in [1.807, 2.05) is 0 Å². The number of nitrogens with one attached hydrogen (secondary N) is 2. The molecule has 0 spiro atoms. The van der Waals surface area contributed by atoms with Gasteiger partial charge >= 0.3 is 0 Å². The van der Waals surface area contributed by atoms with Crippen molar-refractivity contribution in [2.24, 2.45) is 11.1 Å². The number of sulfonamides is 1. The highest BCUT2D eigenvalue weighted by Crippen LogP contribution is 2.28. The largest absolute Gasteiger partial charge is 0.356 e. The summed E-state index contributed by atoms with van der Waals surface area (Å²) in [6.45, 7) is 0.610. The van der Waals surface area contributed by atoms with Crippen LogP contribution in [0.3, 0.4) is 0 Å². The fraction of sp³-hybridized carbons (Fsp3) is 0.615. The lowest BCUT2D eigenvalue weighted by Crippen LogP contribution is -2.25. The Hall–Kier alpha value is -1.34. The van der Waals surface area contributed by atoms with Crippen LogP contribution in [0, 0.1) is 5.92 Å². The maximum atomic E-state index is 11.8. The van der Waals surface area contributed by atoms with E-state index in [1.54, 1.807) is 0 Å². The van der Waals surface area contributed by atoms with Crippen LogP contribution >= 0.6 is 0 Å². The van der Waals surface area contributed by atoms with Gasteiger partial charge in [0.15, 0.2) is 0 Å². The van der Waals surface area contributed by atoms with Crippen molar-refractivity contribution in [2.45, 2.75) is 43.4 Å². The van der Waals surface area contributed by atoms with Crippen molar-refractivity contribution in [1.29, 1.82) is 0 Å². The molecule has 4 N–H and O–H groups in total. The molecule has 0 bridgehead atoms. The summed E-state index contributed by atoms with van der Waals surface area (Å²) in [5, 5.41) is 7.76. The zero-order valence-electron chi connectivity index (χ0n) is 11.4. The van der Waals surface area contributed by atoms with Crippen LogP contribution in [0.5, 0.6) is 0 Å². The van der Waals surface area contributed by atoms with E-state index in [9.17, 15) is 13.2 Å². The average molecular weight is 299 g/mol. The molecule has 0 saturated heterocycles. The number of amides is 1. The first-order chi connectivity index (χ1) is 9.47. The number of rotatable bonds is 6. The van der Waals surface area contributed by atoms with E-state index in [2.05, 4.69) is 10.3 Å². The molecule has 6 nitrogen and oxygen atoms in total. The Balaban J connectivity index is 1.75. The van der Waals surface area contributed by atoms with Crippen molar-refractivity contribution in [3.63, 3.8) is 0 Å². The van der Waals surface area contributed by atoms with Crippen LogP contribution in [-0.2, 0) is 10.0 Å². The Morgan fingerprint density at radius 3 is 2.70 bits per heavy atom. The second-order valence-electron chi connectivity index (χ2n) is 5.34. The molecule has 1 saturated carbocycles. The predicted molar refractivity (Wildman–Crippen MR) is 75.7 cm³/mol. The van der Waals surface area contributed by atoms with Gasteiger partial charge in [-0.25, -0.2) is 13.6 Å². The van der Waals surface area contributed by atoms with Crippen LogP contribution in [-0.4, -0.2) is 25.9 Å². The Morgan fingerprint density at radius 1 is 1.40 bits per heavy atom. The molecular formula is C13H21N3O3S. The lowest BCUT2D eigenvalue weighted by atomic mass is 10.0. The molecule has 1 amide bonds. The van der Waals surface area contributed by atoms with Crippen molar-refractivity contribution < 1.29 is 13.2 Å². The maximum absolute atomic E-state index is 11.8. The van der Waals surface area contributed by atoms with Gasteiger partial charge in [-0.15, -0.1) is 0 Å². The molecule has 0 aliphatic heterocycles. The first-order valence-corrected chi connectivity index (χ1v) is 8.51. The molecule has 1 aliphatic rings. The molecule has 0 aromatic carbocycles. The number of carbonyl (C=O) groups excluding carboxylic acids is 1. The molecule has 7 heteroatoms. The normalized spacial score (nSPS) is 16.4. The van der Waals surface area contributed by atoms with Crippen LogP contribution in [0.15, 0.2) is 17.2 Å². The molecule has 0 unspecified atom stereocenters. The van der Waals surface area contributed by atoms with Gasteiger partial charge < -0.3 is 10.3 Å². The summed E-state index contributed by atoms with van der Waals surface area (Å²) in [4.78, 5) is 14.4. The number of nitrogens with two attached hydrogens (primary N) is 1. The Bertz CT molecular complexity index is 559. The smallest absolute Gasteiger partial charge is 0.267 e. The quantitative estimate of drug-likeness (QED) is 0.691. The topological polar surface area (TPSA) is 105 Å². The zero-order chi connectivity index (χ0) is 14.6. The van der Waals surface area contributed by atoms with Crippen LogP contribution in [0.1, 0.15) is 49.0 Å². The van der Waals surface area contributed by atoms with Crippen LogP contribution < -0.4 is 10.5 Å². The van der Waals surface area contributed by atoms with E-state index < -0.39 is 10.0 Å². The molecule has 1 heterocycles. The van der Waals surface area contributed by atoms with Crippen molar-refractivity contribution in [2.75, 3.05) is 6.54 Å². The minimum Gasteiger partial charge on any atom is -0.356 e. The SMILES string of the molecule is NS(=O)(=O)c1c[nH]c(C(=O)NCCCC2CCCC2)c1. The van der Waals surface area contributed by atoms with Crippen LogP contribution in [0.2, 0.25) is 0 Å². The van der Waals surface area contributed by atoms with E-state index in [-0.39, 0.29) is 16.5 Å². The molecule has 20 heavy (non-hydrogen) atoms. The van der Waals surface area contributed by atoms with Crippen molar-refractivity contribution in [1.82, 2.24) is 10.3 Å². The lowest BCUT2D eigenvalue weighted by molar-refractivity contribution is 0.0948. The minimum absolute atomic E-state index is 0.0754. The van der Waals surface area contributed by atoms with Gasteiger partial charge in [-0.05, 0) is 24.8 Å². The van der Waals surface area contributed by atoms with Gasteiger partial charge in [0.1, 0.15) is 5.69 Å². The summed E-state index contributed by atoms with van der Waals surface area (Å²) in [5.41, 5.74) is 0.217. The van der Waals surface area contributed by atoms with E-state index >= 15 is 0 Å². The van der Waals surface area contributed by atoms with E-state index in [4.69, 9.17) is 5.14 Å². The Kier molecular flexibility index (Phi) is 4.82. The molecule has 112 valence electrons. The molecule has 1 aromatic heterocycles. The molecule has 2 rings (SSSR count). The number of aromatic amines is 1. The minimum atomic E-state index is -3.76.